The van der Waals surface area contributed by atoms with Gasteiger partial charge in [-0.1, -0.05) is 45.0 Å². The second kappa shape index (κ2) is 12.9. The van der Waals surface area contributed by atoms with Crippen molar-refractivity contribution in [3.8, 4) is 34.8 Å². The smallest absolute Gasteiger partial charge is 0.263 e. The highest BCUT2D eigenvalue weighted by Gasteiger charge is 2.26. The van der Waals surface area contributed by atoms with E-state index >= 15 is 0 Å². The lowest BCUT2D eigenvalue weighted by Crippen LogP contribution is -2.23. The lowest BCUT2D eigenvalue weighted by atomic mass is 9.87. The van der Waals surface area contributed by atoms with E-state index in [2.05, 4.69) is 24.7 Å². The Morgan fingerprint density at radius 2 is 1.51 bits per heavy atom. The molecule has 11 nitrogen and oxygen atoms in total. The molecule has 0 aliphatic rings. The summed E-state index contributed by atoms with van der Waals surface area (Å²) in [4.78, 5) is 17.2. The summed E-state index contributed by atoms with van der Waals surface area (Å²) in [6.07, 6.45) is 2.95. The second-order valence-electron chi connectivity index (χ2n) is 11.4. The molecule has 0 saturated carbocycles. The van der Waals surface area contributed by atoms with Gasteiger partial charge < -0.3 is 18.9 Å². The van der Waals surface area contributed by atoms with Gasteiger partial charge >= 0.3 is 0 Å². The van der Waals surface area contributed by atoms with E-state index in [1.807, 2.05) is 20.8 Å². The topological polar surface area (TPSA) is 135 Å². The number of anilines is 1. The van der Waals surface area contributed by atoms with Crippen LogP contribution in [0.15, 0.2) is 71.9 Å². The molecule has 1 N–H and O–H groups in total. The van der Waals surface area contributed by atoms with Crippen LogP contribution in [-0.4, -0.2) is 54.2 Å². The van der Waals surface area contributed by atoms with Crippen molar-refractivity contribution < 1.29 is 30.1 Å². The number of hydrogen-bond donors (Lipinski definition) is 1. The molecule has 43 heavy (non-hydrogen) atoms. The van der Waals surface area contributed by atoms with Crippen molar-refractivity contribution in [2.24, 2.45) is 0 Å². The summed E-state index contributed by atoms with van der Waals surface area (Å²) in [7, 11) is -2.78. The Balaban J connectivity index is 1.87. The molecule has 228 valence electrons. The first-order valence-corrected chi connectivity index (χ1v) is 14.9. The third kappa shape index (κ3) is 8.39. The molecule has 0 saturated heterocycles. The fourth-order valence-electron chi connectivity index (χ4n) is 3.68. The summed E-state index contributed by atoms with van der Waals surface area (Å²) < 4.78 is 69.6. The predicted octanol–water partition coefficient (Wildman–Crippen LogP) is 6.03. The van der Waals surface area contributed by atoms with Gasteiger partial charge in [0.05, 0.1) is 26.9 Å². The van der Waals surface area contributed by atoms with E-state index in [0.29, 0.717) is 5.75 Å². The third-order valence-corrected chi connectivity index (χ3v) is 7.14. The summed E-state index contributed by atoms with van der Waals surface area (Å²) in [5.74, 6) is -0.351. The molecule has 0 bridgehead atoms. The summed E-state index contributed by atoms with van der Waals surface area (Å²) in [6.45, 7) is 8.32. The maximum atomic E-state index is 13.7. The number of hydrogen-bond acceptors (Lipinski definition) is 10. The van der Waals surface area contributed by atoms with Crippen molar-refractivity contribution in [3.05, 3.63) is 72.6 Å². The number of rotatable bonds is 11. The van der Waals surface area contributed by atoms with Crippen LogP contribution in [0.1, 0.15) is 49.8 Å². The number of methoxy groups -OCH3 is 1. The molecule has 0 spiro atoms. The van der Waals surface area contributed by atoms with Gasteiger partial charge in [-0.25, -0.2) is 23.4 Å². The fraction of sp³-hybridized carbons (Fsp3) is 0.355. The molecule has 4 aromatic rings. The van der Waals surface area contributed by atoms with E-state index in [-0.39, 0.29) is 45.2 Å². The average Bonchev–Trinajstić information content (AvgIpc) is 2.96. The fourth-order valence-corrected chi connectivity index (χ4v) is 4.69. The molecular weight excluding hydrogens is 570 g/mol. The minimum Gasteiger partial charge on any atom is -0.493 e. The summed E-state index contributed by atoms with van der Waals surface area (Å²) >= 11 is 0. The standard InChI is InChI=1S/C31H37N5O6S/c1-30(2,3)21-13-15-22(16-14-21)43(37,38)36-26-25(42-24-12-9-8-11-23(24)39-7)29(40-19-20-41-31(4,5)6)35-28(34-26)27-32-17-10-18-33-27/h8-18H,19-20H2,1-7H3,(H,34,35,36)/i20D2. The minimum absolute atomic E-state index is 0.0211. The number of benzene rings is 2. The molecule has 0 fully saturated rings. The molecule has 2 aromatic carbocycles. The van der Waals surface area contributed by atoms with Gasteiger partial charge in [-0.2, -0.15) is 4.98 Å². The molecule has 2 aromatic heterocycles. The van der Waals surface area contributed by atoms with Crippen LogP contribution in [0.2, 0.25) is 0 Å². The SMILES string of the molecule is [2H]C([2H])(COc1nc(-c2ncccn2)nc(NS(=O)(=O)c2ccc(C(C)(C)C)cc2)c1Oc1ccccc1OC)OC(C)(C)C. The van der Waals surface area contributed by atoms with Crippen LogP contribution in [0.3, 0.4) is 0 Å². The Morgan fingerprint density at radius 3 is 2.12 bits per heavy atom. The zero-order chi connectivity index (χ0) is 33.0. The Labute approximate surface area is 255 Å². The molecule has 0 amide bonds. The van der Waals surface area contributed by atoms with Crippen molar-refractivity contribution in [2.45, 2.75) is 57.5 Å². The maximum Gasteiger partial charge on any atom is 0.263 e. The van der Waals surface area contributed by atoms with Crippen LogP contribution in [0.5, 0.6) is 23.1 Å². The lowest BCUT2D eigenvalue weighted by molar-refractivity contribution is -0.0170. The van der Waals surface area contributed by atoms with Gasteiger partial charge in [0.15, 0.2) is 23.1 Å². The number of aromatic nitrogens is 4. The quantitative estimate of drug-likeness (QED) is 0.215. The van der Waals surface area contributed by atoms with Crippen LogP contribution < -0.4 is 18.9 Å². The second-order valence-corrected chi connectivity index (χ2v) is 13.1. The van der Waals surface area contributed by atoms with Gasteiger partial charge in [-0.05, 0) is 62.1 Å². The van der Waals surface area contributed by atoms with Gasteiger partial charge in [-0.15, -0.1) is 0 Å². The average molecular weight is 610 g/mol. The molecule has 0 radical (unpaired) electrons. The molecule has 0 unspecified atom stereocenters. The van der Waals surface area contributed by atoms with Gasteiger partial charge in [0, 0.05) is 12.4 Å². The Morgan fingerprint density at radius 1 is 0.860 bits per heavy atom. The van der Waals surface area contributed by atoms with Crippen LogP contribution >= 0.6 is 0 Å². The first-order valence-electron chi connectivity index (χ1n) is 14.4. The van der Waals surface area contributed by atoms with Crippen LogP contribution in [0, 0.1) is 0 Å². The first-order chi connectivity index (χ1) is 21.0. The van der Waals surface area contributed by atoms with E-state index in [4.69, 9.17) is 21.7 Å². The molecule has 4 rings (SSSR count). The highest BCUT2D eigenvalue weighted by atomic mass is 32.2. The highest BCUT2D eigenvalue weighted by molar-refractivity contribution is 7.92. The van der Waals surface area contributed by atoms with Gasteiger partial charge in [0.1, 0.15) is 6.61 Å². The largest absolute Gasteiger partial charge is 0.493 e. The van der Waals surface area contributed by atoms with E-state index in [1.165, 1.54) is 31.6 Å². The molecule has 0 atom stereocenters. The van der Waals surface area contributed by atoms with Crippen molar-refractivity contribution in [3.63, 3.8) is 0 Å². The Hall–Kier alpha value is -4.29. The predicted molar refractivity (Wildman–Crippen MR) is 163 cm³/mol. The van der Waals surface area contributed by atoms with Crippen molar-refractivity contribution >= 4 is 15.8 Å². The number of para-hydroxylation sites is 2. The van der Waals surface area contributed by atoms with Crippen LogP contribution in [0.25, 0.3) is 11.6 Å². The summed E-state index contributed by atoms with van der Waals surface area (Å²) in [5, 5.41) is 0. The number of ether oxygens (including phenoxy) is 4. The van der Waals surface area contributed by atoms with Crippen molar-refractivity contribution in [2.75, 3.05) is 25.0 Å². The van der Waals surface area contributed by atoms with E-state index in [0.717, 1.165) is 5.56 Å². The molecule has 12 heteroatoms. The molecule has 0 aliphatic heterocycles. The number of nitrogens with zero attached hydrogens (tertiary/aromatic N) is 4. The zero-order valence-electron chi connectivity index (χ0n) is 27.2. The number of sulfonamides is 1. The number of nitrogens with one attached hydrogen (secondary N) is 1. The van der Waals surface area contributed by atoms with Crippen LogP contribution in [0.4, 0.5) is 5.82 Å². The minimum atomic E-state index is -4.24. The zero-order valence-corrected chi connectivity index (χ0v) is 26.0. The van der Waals surface area contributed by atoms with E-state index < -0.39 is 28.8 Å². The highest BCUT2D eigenvalue weighted by Crippen LogP contribution is 2.41. The van der Waals surface area contributed by atoms with Crippen molar-refractivity contribution in [1.29, 1.82) is 0 Å². The van der Waals surface area contributed by atoms with Gasteiger partial charge in [0.25, 0.3) is 15.9 Å². The Kier molecular flexibility index (Phi) is 8.66. The normalized spacial score (nSPS) is 13.1. The molecule has 0 aliphatic carbocycles. The van der Waals surface area contributed by atoms with E-state index in [9.17, 15) is 8.42 Å². The molecule has 2 heterocycles. The maximum absolute atomic E-state index is 13.7. The van der Waals surface area contributed by atoms with Gasteiger partial charge in [0.2, 0.25) is 11.6 Å². The first kappa shape index (κ1) is 28.8. The van der Waals surface area contributed by atoms with Gasteiger partial charge in [-0.3, -0.25) is 4.72 Å². The third-order valence-electron chi connectivity index (χ3n) is 5.79. The summed E-state index contributed by atoms with van der Waals surface area (Å²) in [6, 6.07) is 14.8. The van der Waals surface area contributed by atoms with E-state index in [1.54, 1.807) is 63.2 Å². The Bertz CT molecular complexity index is 1730. The lowest BCUT2D eigenvalue weighted by Gasteiger charge is -2.21. The van der Waals surface area contributed by atoms with Crippen LogP contribution in [-0.2, 0) is 20.2 Å². The monoisotopic (exact) mass is 609 g/mol. The molecular formula is C31H37N5O6S. The summed E-state index contributed by atoms with van der Waals surface area (Å²) in [5.41, 5.74) is -0.0623. The van der Waals surface area contributed by atoms with Crippen molar-refractivity contribution in [1.82, 2.24) is 19.9 Å².